The van der Waals surface area contributed by atoms with E-state index in [2.05, 4.69) is 10.2 Å². The third-order valence-electron chi connectivity index (χ3n) is 5.79. The fourth-order valence-electron chi connectivity index (χ4n) is 4.03. The van der Waals surface area contributed by atoms with E-state index in [9.17, 15) is 22.4 Å². The Morgan fingerprint density at radius 2 is 1.91 bits per heavy atom. The summed E-state index contributed by atoms with van der Waals surface area (Å²) in [5.74, 6) is -0.0839. The molecular formula is C22H27FN4O6S. The number of hydrogen-bond donors (Lipinski definition) is 1. The van der Waals surface area contributed by atoms with Crippen LogP contribution in [0.15, 0.2) is 39.8 Å². The number of anilines is 2. The van der Waals surface area contributed by atoms with Crippen molar-refractivity contribution in [1.82, 2.24) is 10.2 Å². The van der Waals surface area contributed by atoms with E-state index in [1.165, 1.54) is 24.0 Å². The molecule has 2 saturated heterocycles. The lowest BCUT2D eigenvalue weighted by Crippen LogP contribution is -2.46. The summed E-state index contributed by atoms with van der Waals surface area (Å²) in [6, 6.07) is 7.77. The fourth-order valence-corrected chi connectivity index (χ4v) is 4.60. The fraction of sp³-hybridized carbons (Fsp3) is 0.455. The number of rotatable bonds is 7. The van der Waals surface area contributed by atoms with Gasteiger partial charge in [0, 0.05) is 39.4 Å². The van der Waals surface area contributed by atoms with Gasteiger partial charge in [0.1, 0.15) is 17.7 Å². The summed E-state index contributed by atoms with van der Waals surface area (Å²) in [6.45, 7) is 4.76. The predicted molar refractivity (Wildman–Crippen MR) is 122 cm³/mol. The van der Waals surface area contributed by atoms with Crippen LogP contribution in [0, 0.1) is 5.82 Å². The molecule has 0 unspecified atom stereocenters. The number of carbonyl (C=O) groups excluding carboxylic acids is 2. The zero-order valence-electron chi connectivity index (χ0n) is 19.0. The maximum Gasteiger partial charge on any atom is 0.414 e. The van der Waals surface area contributed by atoms with Crippen LogP contribution in [-0.2, 0) is 25.9 Å². The van der Waals surface area contributed by atoms with Gasteiger partial charge >= 0.3 is 6.09 Å². The van der Waals surface area contributed by atoms with Crippen molar-refractivity contribution in [1.29, 1.82) is 0 Å². The molecule has 1 atom stereocenters. The van der Waals surface area contributed by atoms with Crippen molar-refractivity contribution in [2.75, 3.05) is 55.3 Å². The van der Waals surface area contributed by atoms with E-state index in [4.69, 9.17) is 9.15 Å². The molecule has 3 heterocycles. The van der Waals surface area contributed by atoms with Crippen LogP contribution in [0.1, 0.15) is 12.7 Å². The molecule has 12 heteroatoms. The van der Waals surface area contributed by atoms with Gasteiger partial charge in [0.05, 0.1) is 31.0 Å². The van der Waals surface area contributed by atoms with E-state index in [1.807, 2.05) is 4.90 Å². The molecule has 2 amide bonds. The lowest BCUT2D eigenvalue weighted by Gasteiger charge is -2.36. The number of ether oxygens (including phenoxy) is 1. The molecule has 1 aromatic heterocycles. The molecule has 0 bridgehead atoms. The number of sulfone groups is 1. The van der Waals surface area contributed by atoms with Crippen LogP contribution < -0.4 is 15.1 Å². The highest BCUT2D eigenvalue weighted by molar-refractivity contribution is 7.90. The van der Waals surface area contributed by atoms with Crippen molar-refractivity contribution in [3.63, 3.8) is 0 Å². The first-order valence-corrected chi connectivity index (χ1v) is 12.8. The van der Waals surface area contributed by atoms with Crippen molar-refractivity contribution in [2.24, 2.45) is 0 Å². The first-order chi connectivity index (χ1) is 16.1. The first-order valence-electron chi connectivity index (χ1n) is 10.9. The molecule has 184 valence electrons. The Balaban J connectivity index is 1.34. The van der Waals surface area contributed by atoms with E-state index in [0.29, 0.717) is 49.9 Å². The molecule has 2 aliphatic rings. The molecule has 4 rings (SSSR count). The van der Waals surface area contributed by atoms with Gasteiger partial charge in [-0.05, 0) is 30.3 Å². The molecule has 0 spiro atoms. The Labute approximate surface area is 197 Å². The van der Waals surface area contributed by atoms with E-state index in [-0.39, 0.29) is 24.1 Å². The quantitative estimate of drug-likeness (QED) is 0.618. The molecule has 34 heavy (non-hydrogen) atoms. The summed E-state index contributed by atoms with van der Waals surface area (Å²) in [7, 11) is -3.38. The lowest BCUT2D eigenvalue weighted by molar-refractivity contribution is -0.119. The number of amides is 2. The normalized spacial score (nSPS) is 19.4. The van der Waals surface area contributed by atoms with E-state index < -0.39 is 27.9 Å². The molecule has 1 N–H and O–H groups in total. The number of piperazine rings is 1. The monoisotopic (exact) mass is 494 g/mol. The van der Waals surface area contributed by atoms with E-state index >= 15 is 0 Å². The number of benzene rings is 1. The average Bonchev–Trinajstić information content (AvgIpc) is 3.39. The zero-order chi connectivity index (χ0) is 24.5. The molecule has 2 aliphatic heterocycles. The van der Waals surface area contributed by atoms with Gasteiger partial charge in [-0.3, -0.25) is 14.6 Å². The third kappa shape index (κ3) is 5.50. The van der Waals surface area contributed by atoms with Crippen molar-refractivity contribution in [3.05, 3.63) is 41.9 Å². The number of nitrogens with zero attached hydrogens (tertiary/aromatic N) is 3. The minimum absolute atomic E-state index is 0.0494. The summed E-state index contributed by atoms with van der Waals surface area (Å²) in [6.07, 6.45) is 0.0355. The number of nitrogens with one attached hydrogen (secondary N) is 1. The molecule has 2 fully saturated rings. The Hall–Kier alpha value is -3.12. The average molecular weight is 495 g/mol. The van der Waals surface area contributed by atoms with Gasteiger partial charge in [-0.25, -0.2) is 17.6 Å². The van der Waals surface area contributed by atoms with Gasteiger partial charge in [0.25, 0.3) is 0 Å². The second-order valence-electron chi connectivity index (χ2n) is 8.45. The first kappa shape index (κ1) is 24.0. The molecule has 10 nitrogen and oxygen atoms in total. The smallest absolute Gasteiger partial charge is 0.414 e. The highest BCUT2D eigenvalue weighted by Gasteiger charge is 2.33. The van der Waals surface area contributed by atoms with Crippen LogP contribution in [-0.4, -0.2) is 76.9 Å². The molecule has 1 aromatic carbocycles. The highest BCUT2D eigenvalue weighted by atomic mass is 32.2. The van der Waals surface area contributed by atoms with Crippen molar-refractivity contribution in [2.45, 2.75) is 24.7 Å². The van der Waals surface area contributed by atoms with Gasteiger partial charge < -0.3 is 19.4 Å². The topological polar surface area (TPSA) is 112 Å². The van der Waals surface area contributed by atoms with Crippen LogP contribution in [0.5, 0.6) is 0 Å². The van der Waals surface area contributed by atoms with Gasteiger partial charge in [-0.15, -0.1) is 0 Å². The largest absolute Gasteiger partial charge is 0.448 e. The number of cyclic esters (lactones) is 1. The van der Waals surface area contributed by atoms with Crippen LogP contribution in [0.2, 0.25) is 0 Å². The number of carbonyl (C=O) groups is 2. The minimum atomic E-state index is -3.38. The molecule has 0 saturated carbocycles. The Bertz CT molecular complexity index is 1180. The highest BCUT2D eigenvalue weighted by Crippen LogP contribution is 2.29. The van der Waals surface area contributed by atoms with Crippen molar-refractivity contribution < 1.29 is 31.6 Å². The predicted octanol–water partition coefficient (Wildman–Crippen LogP) is 1.61. The van der Waals surface area contributed by atoms with Gasteiger partial charge in [-0.1, -0.05) is 0 Å². The van der Waals surface area contributed by atoms with Crippen LogP contribution in [0.4, 0.5) is 20.6 Å². The van der Waals surface area contributed by atoms with Crippen LogP contribution in [0.3, 0.4) is 0 Å². The SMILES string of the molecule is CC(=O)NC[C@H]1CN(c2ccc(N3CCN(Cc4ccc(S(C)(=O)=O)o4)CC3)c(F)c2)C(=O)O1. The van der Waals surface area contributed by atoms with Gasteiger partial charge in [0.15, 0.2) is 0 Å². The van der Waals surface area contributed by atoms with Crippen LogP contribution >= 0.6 is 0 Å². The lowest BCUT2D eigenvalue weighted by atomic mass is 10.2. The van der Waals surface area contributed by atoms with Crippen molar-refractivity contribution in [3.8, 4) is 0 Å². The maximum absolute atomic E-state index is 15.0. The number of halogens is 1. The van der Waals surface area contributed by atoms with Gasteiger partial charge in [0.2, 0.25) is 20.8 Å². The zero-order valence-corrected chi connectivity index (χ0v) is 19.8. The van der Waals surface area contributed by atoms with E-state index in [0.717, 1.165) is 6.26 Å². The maximum atomic E-state index is 15.0. The minimum Gasteiger partial charge on any atom is -0.448 e. The molecule has 2 aromatic rings. The molecule has 0 radical (unpaired) electrons. The number of hydrogen-bond acceptors (Lipinski definition) is 8. The van der Waals surface area contributed by atoms with Crippen molar-refractivity contribution >= 4 is 33.2 Å². The molecular weight excluding hydrogens is 467 g/mol. The number of furan rings is 1. The Morgan fingerprint density at radius 1 is 1.18 bits per heavy atom. The van der Waals surface area contributed by atoms with Gasteiger partial charge in [-0.2, -0.15) is 0 Å². The standard InChI is InChI=1S/C22H27FN4O6S/c1-15(28)24-12-18-14-27(22(29)33-18)16-3-5-20(19(23)11-16)26-9-7-25(8-10-26)13-17-4-6-21(32-17)34(2,30)31/h3-6,11,18H,7-10,12-14H2,1-2H3,(H,24,28)/t18-/m0/s1. The second-order valence-corrected chi connectivity index (χ2v) is 10.4. The van der Waals surface area contributed by atoms with E-state index in [1.54, 1.807) is 18.2 Å². The molecule has 0 aliphatic carbocycles. The summed E-state index contributed by atoms with van der Waals surface area (Å²) in [5.41, 5.74) is 0.845. The Kier molecular flexibility index (Phi) is 6.80. The summed E-state index contributed by atoms with van der Waals surface area (Å²) < 4.78 is 48.8. The summed E-state index contributed by atoms with van der Waals surface area (Å²) >= 11 is 0. The summed E-state index contributed by atoms with van der Waals surface area (Å²) in [4.78, 5) is 28.6. The second kappa shape index (κ2) is 9.63. The third-order valence-corrected chi connectivity index (χ3v) is 6.74. The summed E-state index contributed by atoms with van der Waals surface area (Å²) in [5, 5.41) is 2.56. The van der Waals surface area contributed by atoms with Crippen LogP contribution in [0.25, 0.3) is 0 Å². The Morgan fingerprint density at radius 3 is 2.53 bits per heavy atom.